The zero-order valence-electron chi connectivity index (χ0n) is 10.3. The number of nitrogens with two attached hydrogens (primary N) is 1. The standard InChI is InChI=1S/C13H14ClN3S/c1-8-5-16-11(9(2)13(8)15)7-18-12-4-3-10(14)6-17-12/h3-6H,7H2,1-2H3,(H2,15,16). The molecule has 0 aromatic carbocycles. The predicted octanol–water partition coefficient (Wildman–Crippen LogP) is 3.62. The Morgan fingerprint density at radius 3 is 2.67 bits per heavy atom. The summed E-state index contributed by atoms with van der Waals surface area (Å²) in [4.78, 5) is 8.65. The van der Waals surface area contributed by atoms with E-state index in [1.165, 1.54) is 0 Å². The second-order valence-corrected chi connectivity index (χ2v) is 5.46. The van der Waals surface area contributed by atoms with Crippen LogP contribution < -0.4 is 5.73 Å². The lowest BCUT2D eigenvalue weighted by Crippen LogP contribution is -2.00. The van der Waals surface area contributed by atoms with Crippen LogP contribution in [0.1, 0.15) is 16.8 Å². The van der Waals surface area contributed by atoms with Gasteiger partial charge in [-0.1, -0.05) is 11.6 Å². The van der Waals surface area contributed by atoms with Gasteiger partial charge in [0.15, 0.2) is 0 Å². The topological polar surface area (TPSA) is 51.8 Å². The van der Waals surface area contributed by atoms with Crippen molar-refractivity contribution in [2.45, 2.75) is 24.6 Å². The number of nitrogens with zero attached hydrogens (tertiary/aromatic N) is 2. The number of hydrogen-bond donors (Lipinski definition) is 1. The maximum Gasteiger partial charge on any atom is 0.0964 e. The minimum atomic E-state index is 0.647. The fourth-order valence-electron chi connectivity index (χ4n) is 1.53. The van der Waals surface area contributed by atoms with E-state index in [0.717, 1.165) is 33.3 Å². The normalized spacial score (nSPS) is 10.6. The number of nitrogen functional groups attached to an aromatic ring is 1. The molecule has 0 aliphatic rings. The van der Waals surface area contributed by atoms with Crippen molar-refractivity contribution < 1.29 is 0 Å². The predicted molar refractivity (Wildman–Crippen MR) is 76.9 cm³/mol. The molecule has 0 saturated carbocycles. The highest BCUT2D eigenvalue weighted by molar-refractivity contribution is 7.98. The second-order valence-electron chi connectivity index (χ2n) is 4.03. The Hall–Kier alpha value is -1.26. The van der Waals surface area contributed by atoms with Crippen LogP contribution >= 0.6 is 23.4 Å². The van der Waals surface area contributed by atoms with E-state index < -0.39 is 0 Å². The summed E-state index contributed by atoms with van der Waals surface area (Å²) in [6.45, 7) is 3.97. The smallest absolute Gasteiger partial charge is 0.0964 e. The summed E-state index contributed by atoms with van der Waals surface area (Å²) in [6.07, 6.45) is 3.46. The maximum atomic E-state index is 5.99. The van der Waals surface area contributed by atoms with Gasteiger partial charge in [-0.25, -0.2) is 4.98 Å². The molecule has 0 amide bonds. The van der Waals surface area contributed by atoms with Gasteiger partial charge in [0.2, 0.25) is 0 Å². The summed E-state index contributed by atoms with van der Waals surface area (Å²) >= 11 is 7.41. The summed E-state index contributed by atoms with van der Waals surface area (Å²) in [5.41, 5.74) is 9.88. The number of thioether (sulfide) groups is 1. The summed E-state index contributed by atoms with van der Waals surface area (Å²) in [5.74, 6) is 0.755. The van der Waals surface area contributed by atoms with Crippen LogP contribution in [0.2, 0.25) is 5.02 Å². The van der Waals surface area contributed by atoms with E-state index >= 15 is 0 Å². The average molecular weight is 280 g/mol. The van der Waals surface area contributed by atoms with Crippen molar-refractivity contribution in [3.63, 3.8) is 0 Å². The van der Waals surface area contributed by atoms with Gasteiger partial charge in [-0.2, -0.15) is 0 Å². The molecule has 5 heteroatoms. The Kier molecular flexibility index (Phi) is 4.09. The number of anilines is 1. The number of halogens is 1. The lowest BCUT2D eigenvalue weighted by atomic mass is 10.1. The van der Waals surface area contributed by atoms with Gasteiger partial charge in [-0.05, 0) is 37.1 Å². The first-order chi connectivity index (χ1) is 8.58. The highest BCUT2D eigenvalue weighted by atomic mass is 35.5. The number of aromatic nitrogens is 2. The van der Waals surface area contributed by atoms with Crippen molar-refractivity contribution in [3.8, 4) is 0 Å². The van der Waals surface area contributed by atoms with Gasteiger partial charge in [0, 0.05) is 23.8 Å². The van der Waals surface area contributed by atoms with Crippen LogP contribution in [-0.2, 0) is 5.75 Å². The molecule has 94 valence electrons. The van der Waals surface area contributed by atoms with Gasteiger partial charge in [-0.3, -0.25) is 4.98 Å². The van der Waals surface area contributed by atoms with E-state index in [9.17, 15) is 0 Å². The molecule has 0 fully saturated rings. The molecule has 2 aromatic heterocycles. The third-order valence-electron chi connectivity index (χ3n) is 2.73. The number of hydrogen-bond acceptors (Lipinski definition) is 4. The summed E-state index contributed by atoms with van der Waals surface area (Å²) in [6, 6.07) is 3.74. The molecule has 0 radical (unpaired) electrons. The van der Waals surface area contributed by atoms with Crippen molar-refractivity contribution >= 4 is 29.1 Å². The first-order valence-electron chi connectivity index (χ1n) is 5.53. The SMILES string of the molecule is Cc1cnc(CSc2ccc(Cl)cn2)c(C)c1N. The van der Waals surface area contributed by atoms with E-state index in [1.807, 2.05) is 32.2 Å². The Morgan fingerprint density at radius 2 is 2.00 bits per heavy atom. The first kappa shape index (κ1) is 13.2. The minimum Gasteiger partial charge on any atom is -0.398 e. The van der Waals surface area contributed by atoms with Gasteiger partial charge >= 0.3 is 0 Å². The van der Waals surface area contributed by atoms with Crippen LogP contribution in [0.5, 0.6) is 0 Å². The molecule has 2 heterocycles. The molecule has 2 aromatic rings. The number of aryl methyl sites for hydroxylation is 1. The Labute approximate surface area is 116 Å². The van der Waals surface area contributed by atoms with Gasteiger partial charge in [0.25, 0.3) is 0 Å². The monoisotopic (exact) mass is 279 g/mol. The minimum absolute atomic E-state index is 0.647. The van der Waals surface area contributed by atoms with Crippen molar-refractivity contribution in [2.75, 3.05) is 5.73 Å². The lowest BCUT2D eigenvalue weighted by molar-refractivity contribution is 1.09. The fourth-order valence-corrected chi connectivity index (χ4v) is 2.51. The molecule has 3 nitrogen and oxygen atoms in total. The number of rotatable bonds is 3. The van der Waals surface area contributed by atoms with Gasteiger partial charge < -0.3 is 5.73 Å². The van der Waals surface area contributed by atoms with Crippen molar-refractivity contribution in [1.29, 1.82) is 0 Å². The third kappa shape index (κ3) is 2.94. The van der Waals surface area contributed by atoms with Crippen LogP contribution in [0.3, 0.4) is 0 Å². The Balaban J connectivity index is 2.11. The van der Waals surface area contributed by atoms with E-state index in [-0.39, 0.29) is 0 Å². The zero-order valence-corrected chi connectivity index (χ0v) is 11.8. The fraction of sp³-hybridized carbons (Fsp3) is 0.231. The maximum absolute atomic E-state index is 5.99. The van der Waals surface area contributed by atoms with Crippen LogP contribution in [0, 0.1) is 13.8 Å². The van der Waals surface area contributed by atoms with Crippen molar-refractivity contribution in [3.05, 3.63) is 46.4 Å². The van der Waals surface area contributed by atoms with E-state index in [2.05, 4.69) is 9.97 Å². The summed E-state index contributed by atoms with van der Waals surface area (Å²) in [5, 5.41) is 1.58. The number of pyridine rings is 2. The Morgan fingerprint density at radius 1 is 1.22 bits per heavy atom. The molecule has 2 rings (SSSR count). The molecule has 0 unspecified atom stereocenters. The van der Waals surface area contributed by atoms with Crippen molar-refractivity contribution in [2.24, 2.45) is 0 Å². The van der Waals surface area contributed by atoms with Gasteiger partial charge in [0.1, 0.15) is 0 Å². The van der Waals surface area contributed by atoms with Gasteiger partial charge in [0.05, 0.1) is 15.7 Å². The molecule has 0 bridgehead atoms. The highest BCUT2D eigenvalue weighted by Gasteiger charge is 2.07. The average Bonchev–Trinajstić information content (AvgIpc) is 2.37. The van der Waals surface area contributed by atoms with E-state index in [1.54, 1.807) is 18.0 Å². The lowest BCUT2D eigenvalue weighted by Gasteiger charge is -2.09. The van der Waals surface area contributed by atoms with Crippen LogP contribution in [0.15, 0.2) is 29.6 Å². The van der Waals surface area contributed by atoms with Crippen LogP contribution in [0.4, 0.5) is 5.69 Å². The third-order valence-corrected chi connectivity index (χ3v) is 3.91. The quantitative estimate of drug-likeness (QED) is 0.872. The molecule has 0 aliphatic carbocycles. The largest absolute Gasteiger partial charge is 0.398 e. The molecule has 0 aliphatic heterocycles. The second kappa shape index (κ2) is 5.59. The van der Waals surface area contributed by atoms with Crippen molar-refractivity contribution in [1.82, 2.24) is 9.97 Å². The molecular formula is C13H14ClN3S. The zero-order chi connectivity index (χ0) is 13.1. The Bertz CT molecular complexity index is 555. The molecule has 0 atom stereocenters. The molecule has 0 spiro atoms. The molecule has 18 heavy (non-hydrogen) atoms. The van der Waals surface area contributed by atoms with E-state index in [0.29, 0.717) is 5.02 Å². The van der Waals surface area contributed by atoms with Gasteiger partial charge in [-0.15, -0.1) is 11.8 Å². The summed E-state index contributed by atoms with van der Waals surface area (Å²) < 4.78 is 0. The van der Waals surface area contributed by atoms with E-state index in [4.69, 9.17) is 17.3 Å². The molecular weight excluding hydrogens is 266 g/mol. The van der Waals surface area contributed by atoms with Crippen LogP contribution in [0.25, 0.3) is 0 Å². The highest BCUT2D eigenvalue weighted by Crippen LogP contribution is 2.25. The molecule has 2 N–H and O–H groups in total. The first-order valence-corrected chi connectivity index (χ1v) is 6.89. The summed E-state index contributed by atoms with van der Waals surface area (Å²) in [7, 11) is 0. The molecule has 0 saturated heterocycles. The van der Waals surface area contributed by atoms with Crippen LogP contribution in [-0.4, -0.2) is 9.97 Å².